The van der Waals surface area contributed by atoms with E-state index in [1.165, 1.54) is 4.90 Å². The van der Waals surface area contributed by atoms with E-state index >= 15 is 0 Å². The normalized spacial score (nSPS) is 10.9. The van der Waals surface area contributed by atoms with Gasteiger partial charge in [0.2, 0.25) is 5.91 Å². The minimum atomic E-state index is -0.247. The Morgan fingerprint density at radius 2 is 1.96 bits per heavy atom. The van der Waals surface area contributed by atoms with E-state index in [0.717, 1.165) is 23.0 Å². The van der Waals surface area contributed by atoms with Crippen LogP contribution in [-0.2, 0) is 17.8 Å². The molecule has 3 aromatic rings. The van der Waals surface area contributed by atoms with E-state index < -0.39 is 0 Å². The van der Waals surface area contributed by atoms with Crippen molar-refractivity contribution in [2.45, 2.75) is 20.0 Å². The highest BCUT2D eigenvalue weighted by atomic mass is 35.5. The van der Waals surface area contributed by atoms with Crippen LogP contribution in [0.5, 0.6) is 5.75 Å². The summed E-state index contributed by atoms with van der Waals surface area (Å²) in [5.41, 5.74) is 8.37. The second-order valence-corrected chi connectivity index (χ2v) is 7.07. The Bertz CT molecular complexity index is 1020. The first-order valence-electron chi connectivity index (χ1n) is 8.91. The number of para-hydroxylation sites is 1. The summed E-state index contributed by atoms with van der Waals surface area (Å²) >= 11 is 12.9. The molecule has 2 aromatic carbocycles. The second kappa shape index (κ2) is 8.78. The SMILES string of the molecule is CCc1nc2ccccc2cc1OCc1c(Cl)ccc(N(C)C(=O)CN)c1Cl. The largest absolute Gasteiger partial charge is 0.487 e. The van der Waals surface area contributed by atoms with Crippen molar-refractivity contribution in [2.75, 3.05) is 18.5 Å². The highest BCUT2D eigenvalue weighted by molar-refractivity contribution is 6.38. The fourth-order valence-electron chi connectivity index (χ4n) is 2.91. The van der Waals surface area contributed by atoms with E-state index in [2.05, 4.69) is 4.98 Å². The van der Waals surface area contributed by atoms with Crippen molar-refractivity contribution in [2.24, 2.45) is 5.73 Å². The summed E-state index contributed by atoms with van der Waals surface area (Å²) in [5, 5.41) is 1.83. The number of ether oxygens (including phenoxy) is 1. The lowest BCUT2D eigenvalue weighted by Gasteiger charge is -2.20. The van der Waals surface area contributed by atoms with Crippen LogP contribution in [0.25, 0.3) is 10.9 Å². The minimum absolute atomic E-state index is 0.107. The molecule has 3 rings (SSSR count). The van der Waals surface area contributed by atoms with Gasteiger partial charge in [0.05, 0.1) is 28.5 Å². The minimum Gasteiger partial charge on any atom is -0.487 e. The van der Waals surface area contributed by atoms with Gasteiger partial charge in [-0.1, -0.05) is 48.3 Å². The number of carbonyl (C=O) groups is 1. The summed E-state index contributed by atoms with van der Waals surface area (Å²) in [6.07, 6.45) is 0.732. The van der Waals surface area contributed by atoms with E-state index in [9.17, 15) is 4.79 Å². The molecule has 0 aliphatic carbocycles. The molecule has 0 bridgehead atoms. The van der Waals surface area contributed by atoms with E-state index in [-0.39, 0.29) is 19.1 Å². The molecule has 2 N–H and O–H groups in total. The van der Waals surface area contributed by atoms with Gasteiger partial charge in [-0.15, -0.1) is 0 Å². The molecular weight excluding hydrogens is 397 g/mol. The smallest absolute Gasteiger partial charge is 0.240 e. The molecule has 1 amide bonds. The average Bonchev–Trinajstić information content (AvgIpc) is 2.71. The quantitative estimate of drug-likeness (QED) is 0.635. The maximum Gasteiger partial charge on any atom is 0.240 e. The molecule has 1 heterocycles. The number of amides is 1. The maximum atomic E-state index is 11.9. The lowest BCUT2D eigenvalue weighted by Crippen LogP contribution is -2.32. The van der Waals surface area contributed by atoms with Gasteiger partial charge in [-0.2, -0.15) is 0 Å². The van der Waals surface area contributed by atoms with Crippen molar-refractivity contribution in [3.8, 4) is 5.75 Å². The lowest BCUT2D eigenvalue weighted by atomic mass is 10.1. The zero-order valence-corrected chi connectivity index (χ0v) is 17.2. The molecule has 0 radical (unpaired) electrons. The van der Waals surface area contributed by atoms with Crippen molar-refractivity contribution in [1.82, 2.24) is 4.98 Å². The Balaban J connectivity index is 1.92. The molecule has 0 saturated carbocycles. The Labute approximate surface area is 174 Å². The Kier molecular flexibility index (Phi) is 6.39. The van der Waals surface area contributed by atoms with Crippen LogP contribution in [0.2, 0.25) is 10.0 Å². The number of aryl methyl sites for hydroxylation is 1. The van der Waals surface area contributed by atoms with Crippen molar-refractivity contribution in [3.63, 3.8) is 0 Å². The monoisotopic (exact) mass is 417 g/mol. The number of hydrogen-bond donors (Lipinski definition) is 1. The molecule has 0 spiro atoms. The van der Waals surface area contributed by atoms with Gasteiger partial charge in [0.15, 0.2) is 0 Å². The number of likely N-dealkylation sites (N-methyl/N-ethyl adjacent to an activating group) is 1. The third-order valence-corrected chi connectivity index (χ3v) is 5.32. The van der Waals surface area contributed by atoms with Gasteiger partial charge in [0, 0.05) is 23.0 Å². The van der Waals surface area contributed by atoms with Crippen LogP contribution >= 0.6 is 23.2 Å². The first-order valence-corrected chi connectivity index (χ1v) is 9.66. The Morgan fingerprint density at radius 1 is 1.21 bits per heavy atom. The molecule has 1 aromatic heterocycles. The van der Waals surface area contributed by atoms with E-state index in [1.54, 1.807) is 19.2 Å². The summed E-state index contributed by atoms with van der Waals surface area (Å²) < 4.78 is 6.05. The molecule has 5 nitrogen and oxygen atoms in total. The zero-order chi connectivity index (χ0) is 20.3. The number of hydrogen-bond acceptors (Lipinski definition) is 4. The summed E-state index contributed by atoms with van der Waals surface area (Å²) in [6.45, 7) is 2.07. The van der Waals surface area contributed by atoms with E-state index in [1.807, 2.05) is 37.3 Å². The summed E-state index contributed by atoms with van der Waals surface area (Å²) in [7, 11) is 1.62. The summed E-state index contributed by atoms with van der Waals surface area (Å²) in [5.74, 6) is 0.438. The molecule has 0 unspecified atom stereocenters. The number of benzene rings is 2. The molecule has 0 fully saturated rings. The summed E-state index contributed by atoms with van der Waals surface area (Å²) in [6, 6.07) is 13.2. The maximum absolute atomic E-state index is 11.9. The number of nitrogens with zero attached hydrogens (tertiary/aromatic N) is 2. The number of rotatable bonds is 6. The van der Waals surface area contributed by atoms with Crippen LogP contribution < -0.4 is 15.4 Å². The van der Waals surface area contributed by atoms with Crippen LogP contribution in [0.15, 0.2) is 42.5 Å². The average molecular weight is 418 g/mol. The van der Waals surface area contributed by atoms with Crippen LogP contribution in [-0.4, -0.2) is 24.5 Å². The number of nitrogens with two attached hydrogens (primary N) is 1. The number of anilines is 1. The fourth-order valence-corrected chi connectivity index (χ4v) is 3.52. The molecule has 28 heavy (non-hydrogen) atoms. The van der Waals surface area contributed by atoms with Gasteiger partial charge in [0.25, 0.3) is 0 Å². The molecule has 0 aliphatic heterocycles. The van der Waals surface area contributed by atoms with Crippen molar-refractivity contribution >= 4 is 45.7 Å². The van der Waals surface area contributed by atoms with Gasteiger partial charge in [-0.3, -0.25) is 4.79 Å². The lowest BCUT2D eigenvalue weighted by molar-refractivity contribution is -0.117. The molecule has 7 heteroatoms. The van der Waals surface area contributed by atoms with E-state index in [4.69, 9.17) is 33.7 Å². The van der Waals surface area contributed by atoms with Crippen LogP contribution in [0.1, 0.15) is 18.2 Å². The molecule has 0 saturated heterocycles. The number of carbonyl (C=O) groups excluding carboxylic acids is 1. The van der Waals surface area contributed by atoms with Gasteiger partial charge >= 0.3 is 0 Å². The van der Waals surface area contributed by atoms with Gasteiger partial charge in [-0.05, 0) is 30.7 Å². The third-order valence-electron chi connectivity index (χ3n) is 4.55. The number of halogens is 2. The number of fused-ring (bicyclic) bond motifs is 1. The second-order valence-electron chi connectivity index (χ2n) is 6.28. The van der Waals surface area contributed by atoms with Crippen LogP contribution in [0.3, 0.4) is 0 Å². The Hall–Kier alpha value is -2.34. The fraction of sp³-hybridized carbons (Fsp3) is 0.238. The first-order chi connectivity index (χ1) is 13.5. The van der Waals surface area contributed by atoms with Crippen molar-refractivity contribution in [3.05, 3.63) is 63.8 Å². The van der Waals surface area contributed by atoms with Crippen molar-refractivity contribution in [1.29, 1.82) is 0 Å². The predicted molar refractivity (Wildman–Crippen MR) is 114 cm³/mol. The number of pyridine rings is 1. The molecule has 0 aliphatic rings. The standard InChI is InChI=1S/C21H21Cl2N3O2/c1-3-16-19(10-13-6-4-5-7-17(13)25-16)28-12-14-15(22)8-9-18(21(14)23)26(2)20(27)11-24/h4-10H,3,11-12,24H2,1-2H3. The third kappa shape index (κ3) is 4.07. The van der Waals surface area contributed by atoms with Gasteiger partial charge in [-0.25, -0.2) is 4.98 Å². The van der Waals surface area contributed by atoms with Gasteiger partial charge in [0.1, 0.15) is 12.4 Å². The molecule has 146 valence electrons. The highest BCUT2D eigenvalue weighted by Crippen LogP contribution is 2.35. The summed E-state index contributed by atoms with van der Waals surface area (Å²) in [4.78, 5) is 18.0. The van der Waals surface area contributed by atoms with Crippen LogP contribution in [0.4, 0.5) is 5.69 Å². The highest BCUT2D eigenvalue weighted by Gasteiger charge is 2.18. The number of aromatic nitrogens is 1. The van der Waals surface area contributed by atoms with Crippen LogP contribution in [0, 0.1) is 0 Å². The zero-order valence-electron chi connectivity index (χ0n) is 15.7. The van der Waals surface area contributed by atoms with Crippen molar-refractivity contribution < 1.29 is 9.53 Å². The first kappa shape index (κ1) is 20.4. The van der Waals surface area contributed by atoms with Gasteiger partial charge < -0.3 is 15.4 Å². The predicted octanol–water partition coefficient (Wildman–Crippen LogP) is 4.60. The Morgan fingerprint density at radius 3 is 2.68 bits per heavy atom. The molecular formula is C21H21Cl2N3O2. The molecule has 0 atom stereocenters. The van der Waals surface area contributed by atoms with E-state index in [0.29, 0.717) is 27.0 Å². The topological polar surface area (TPSA) is 68.5 Å².